The van der Waals surface area contributed by atoms with E-state index in [9.17, 15) is 13.2 Å². The van der Waals surface area contributed by atoms with Gasteiger partial charge in [0.25, 0.3) is 10.0 Å². The summed E-state index contributed by atoms with van der Waals surface area (Å²) in [5.74, 6) is -0.699. The number of nitrogens with zero attached hydrogens (tertiary/aromatic N) is 2. The van der Waals surface area contributed by atoms with Crippen LogP contribution in [0.5, 0.6) is 0 Å². The summed E-state index contributed by atoms with van der Waals surface area (Å²) in [6.07, 6.45) is 0.576. The number of methoxy groups -OCH3 is 1. The Morgan fingerprint density at radius 3 is 2.61 bits per heavy atom. The number of hydrogen-bond acceptors (Lipinski definition) is 5. The van der Waals surface area contributed by atoms with Gasteiger partial charge in [0.1, 0.15) is 5.69 Å². The van der Waals surface area contributed by atoms with Gasteiger partial charge in [0.05, 0.1) is 17.7 Å². The summed E-state index contributed by atoms with van der Waals surface area (Å²) in [5.41, 5.74) is 1.28. The Bertz CT molecular complexity index is 840. The predicted molar refractivity (Wildman–Crippen MR) is 85.9 cm³/mol. The summed E-state index contributed by atoms with van der Waals surface area (Å²) >= 11 is 0. The Kier molecular flexibility index (Phi) is 4.74. The van der Waals surface area contributed by atoms with Gasteiger partial charge in [-0.05, 0) is 25.0 Å². The molecule has 0 unspecified atom stereocenters. The van der Waals surface area contributed by atoms with E-state index in [2.05, 4.69) is 14.6 Å². The van der Waals surface area contributed by atoms with Crippen LogP contribution < -0.4 is 4.72 Å². The molecule has 0 aliphatic carbocycles. The number of hydrogen-bond donors (Lipinski definition) is 1. The van der Waals surface area contributed by atoms with E-state index in [1.807, 2.05) is 6.92 Å². The summed E-state index contributed by atoms with van der Waals surface area (Å²) in [5, 5.41) is 4.02. The number of anilines is 1. The zero-order chi connectivity index (χ0) is 17.2. The maximum absolute atomic E-state index is 12.7. The first-order chi connectivity index (χ1) is 10.8. The van der Waals surface area contributed by atoms with Crippen LogP contribution in [-0.4, -0.2) is 31.3 Å². The molecule has 0 aliphatic heterocycles. The summed E-state index contributed by atoms with van der Waals surface area (Å²) in [6.45, 7) is 3.55. The van der Waals surface area contributed by atoms with Gasteiger partial charge < -0.3 is 4.74 Å². The Hall–Kier alpha value is -2.35. The molecule has 0 atom stereocenters. The second-order valence-electron chi connectivity index (χ2n) is 4.99. The fourth-order valence-corrected chi connectivity index (χ4v) is 3.66. The van der Waals surface area contributed by atoms with Crippen molar-refractivity contribution in [2.24, 2.45) is 7.05 Å². The lowest BCUT2D eigenvalue weighted by Gasteiger charge is -2.11. The summed E-state index contributed by atoms with van der Waals surface area (Å²) in [7, 11) is -0.997. The largest absolute Gasteiger partial charge is 0.464 e. The number of aromatic nitrogens is 2. The first kappa shape index (κ1) is 17.0. The standard InChI is InChI=1S/C15H19N3O4S/c1-5-11-8-6-7-9-12(11)23(20,21)17-13-10(2)18(3)16-14(13)15(19)22-4/h6-9,17H,5H2,1-4H3. The molecule has 0 saturated carbocycles. The highest BCUT2D eigenvalue weighted by molar-refractivity contribution is 7.92. The fourth-order valence-electron chi connectivity index (χ4n) is 2.22. The minimum atomic E-state index is -3.84. The second-order valence-corrected chi connectivity index (χ2v) is 6.64. The SMILES string of the molecule is CCc1ccccc1S(=O)(=O)Nc1c(C(=O)OC)nn(C)c1C. The minimum absolute atomic E-state index is 0.0648. The minimum Gasteiger partial charge on any atom is -0.464 e. The first-order valence-corrected chi connectivity index (χ1v) is 8.52. The van der Waals surface area contributed by atoms with Crippen LogP contribution in [0, 0.1) is 6.92 Å². The van der Waals surface area contributed by atoms with Gasteiger partial charge >= 0.3 is 5.97 Å². The molecule has 0 amide bonds. The molecule has 0 fully saturated rings. The fraction of sp³-hybridized carbons (Fsp3) is 0.333. The van der Waals surface area contributed by atoms with E-state index in [1.54, 1.807) is 32.2 Å². The van der Waals surface area contributed by atoms with E-state index < -0.39 is 16.0 Å². The molecule has 1 N–H and O–H groups in total. The van der Waals surface area contributed by atoms with E-state index in [0.29, 0.717) is 17.7 Å². The average Bonchev–Trinajstić information content (AvgIpc) is 2.82. The molecule has 124 valence electrons. The van der Waals surface area contributed by atoms with Gasteiger partial charge in [-0.15, -0.1) is 0 Å². The number of esters is 1. The summed E-state index contributed by atoms with van der Waals surface area (Å²) in [4.78, 5) is 12.0. The van der Waals surface area contributed by atoms with Crippen molar-refractivity contribution >= 4 is 21.7 Å². The lowest BCUT2D eigenvalue weighted by Crippen LogP contribution is -2.17. The van der Waals surface area contributed by atoms with Crippen molar-refractivity contribution in [3.05, 3.63) is 41.2 Å². The zero-order valence-electron chi connectivity index (χ0n) is 13.5. The third-order valence-electron chi connectivity index (χ3n) is 3.59. The lowest BCUT2D eigenvalue weighted by atomic mass is 10.2. The van der Waals surface area contributed by atoms with E-state index in [0.717, 1.165) is 0 Å². The maximum atomic E-state index is 12.7. The van der Waals surface area contributed by atoms with E-state index >= 15 is 0 Å². The maximum Gasteiger partial charge on any atom is 0.360 e. The van der Waals surface area contributed by atoms with Crippen molar-refractivity contribution in [3.8, 4) is 0 Å². The van der Waals surface area contributed by atoms with Gasteiger partial charge in [-0.25, -0.2) is 13.2 Å². The van der Waals surface area contributed by atoms with Gasteiger partial charge in [0.2, 0.25) is 0 Å². The molecule has 1 heterocycles. The molecule has 0 bridgehead atoms. The van der Waals surface area contributed by atoms with Gasteiger partial charge in [-0.1, -0.05) is 25.1 Å². The van der Waals surface area contributed by atoms with Crippen LogP contribution in [-0.2, 0) is 28.2 Å². The molecule has 2 rings (SSSR count). The number of aryl methyl sites for hydroxylation is 2. The molecular formula is C15H19N3O4S. The summed E-state index contributed by atoms with van der Waals surface area (Å²) in [6, 6.07) is 6.73. The van der Waals surface area contributed by atoms with Crippen LogP contribution >= 0.6 is 0 Å². The quantitative estimate of drug-likeness (QED) is 0.841. The highest BCUT2D eigenvalue weighted by atomic mass is 32.2. The van der Waals surface area contributed by atoms with Crippen molar-refractivity contribution in [2.75, 3.05) is 11.8 Å². The van der Waals surface area contributed by atoms with E-state index in [-0.39, 0.29) is 16.3 Å². The number of benzene rings is 1. The van der Waals surface area contributed by atoms with Crippen LogP contribution in [0.3, 0.4) is 0 Å². The number of carbonyl (C=O) groups excluding carboxylic acids is 1. The molecule has 2 aromatic rings. The molecule has 1 aromatic heterocycles. The normalized spacial score (nSPS) is 11.3. The number of carbonyl (C=O) groups is 1. The molecule has 0 spiro atoms. The molecule has 0 aliphatic rings. The van der Waals surface area contributed by atoms with Gasteiger partial charge in [0, 0.05) is 7.05 Å². The van der Waals surface area contributed by atoms with Crippen molar-refractivity contribution < 1.29 is 17.9 Å². The molecule has 7 nitrogen and oxygen atoms in total. The van der Waals surface area contributed by atoms with E-state index in [4.69, 9.17) is 0 Å². The number of ether oxygens (including phenoxy) is 1. The Morgan fingerprint density at radius 1 is 1.35 bits per heavy atom. The average molecular weight is 337 g/mol. The van der Waals surface area contributed by atoms with Gasteiger partial charge in [-0.2, -0.15) is 5.10 Å². The van der Waals surface area contributed by atoms with Gasteiger partial charge in [-0.3, -0.25) is 9.40 Å². The predicted octanol–water partition coefficient (Wildman–Crippen LogP) is 1.88. The molecule has 8 heteroatoms. The number of sulfonamides is 1. The number of nitrogens with one attached hydrogen (secondary N) is 1. The smallest absolute Gasteiger partial charge is 0.360 e. The molecular weight excluding hydrogens is 318 g/mol. The van der Waals surface area contributed by atoms with Crippen LogP contribution in [0.1, 0.15) is 28.7 Å². The first-order valence-electron chi connectivity index (χ1n) is 7.04. The Morgan fingerprint density at radius 2 is 2.00 bits per heavy atom. The highest BCUT2D eigenvalue weighted by Gasteiger charge is 2.26. The van der Waals surface area contributed by atoms with E-state index in [1.165, 1.54) is 17.9 Å². The second kappa shape index (κ2) is 6.41. The van der Waals surface area contributed by atoms with Crippen LogP contribution in [0.2, 0.25) is 0 Å². The summed E-state index contributed by atoms with van der Waals surface area (Å²) < 4.78 is 34.0. The van der Waals surface area contributed by atoms with Crippen molar-refractivity contribution in [1.82, 2.24) is 9.78 Å². The lowest BCUT2D eigenvalue weighted by molar-refractivity contribution is 0.0594. The topological polar surface area (TPSA) is 90.3 Å². The molecule has 0 saturated heterocycles. The van der Waals surface area contributed by atoms with Crippen molar-refractivity contribution in [3.63, 3.8) is 0 Å². The third kappa shape index (κ3) is 3.21. The molecule has 0 radical (unpaired) electrons. The van der Waals surface area contributed by atoms with Gasteiger partial charge in [0.15, 0.2) is 5.69 Å². The highest BCUT2D eigenvalue weighted by Crippen LogP contribution is 2.25. The molecule has 1 aromatic carbocycles. The Balaban J connectivity index is 2.52. The van der Waals surface area contributed by atoms with Crippen LogP contribution in [0.4, 0.5) is 5.69 Å². The Labute approximate surface area is 135 Å². The van der Waals surface area contributed by atoms with Crippen molar-refractivity contribution in [1.29, 1.82) is 0 Å². The number of rotatable bonds is 5. The zero-order valence-corrected chi connectivity index (χ0v) is 14.3. The van der Waals surface area contributed by atoms with Crippen LogP contribution in [0.25, 0.3) is 0 Å². The molecule has 23 heavy (non-hydrogen) atoms. The van der Waals surface area contributed by atoms with Crippen molar-refractivity contribution in [2.45, 2.75) is 25.2 Å². The van der Waals surface area contributed by atoms with Crippen LogP contribution in [0.15, 0.2) is 29.2 Å². The third-order valence-corrected chi connectivity index (χ3v) is 5.04. The monoisotopic (exact) mass is 337 g/mol.